The fourth-order valence-electron chi connectivity index (χ4n) is 4.48. The number of likely N-dealkylation sites (N-methyl/N-ethyl adjacent to an activating group) is 2. The first-order chi connectivity index (χ1) is 17.7. The number of carbonyl (C=O) groups is 1. The van der Waals surface area contributed by atoms with Gasteiger partial charge in [-0.15, -0.1) is 0 Å². The van der Waals surface area contributed by atoms with Crippen LogP contribution in [0.5, 0.6) is 0 Å². The number of allylic oxidation sites excluding steroid dienone is 5. The van der Waals surface area contributed by atoms with Gasteiger partial charge >= 0.3 is 0 Å². The third kappa shape index (κ3) is 10.8. The smallest absolute Gasteiger partial charge is 0.222 e. The molecular weight excluding hydrogens is 466 g/mol. The minimum Gasteiger partial charge on any atom is -0.341 e. The molecule has 1 saturated heterocycles. The van der Waals surface area contributed by atoms with E-state index in [2.05, 4.69) is 32.4 Å². The van der Waals surface area contributed by atoms with Crippen LogP contribution in [0, 0.1) is 11.6 Å². The molecule has 0 bridgehead atoms. The van der Waals surface area contributed by atoms with Crippen LogP contribution in [0.1, 0.15) is 63.0 Å². The Morgan fingerprint density at radius 2 is 1.59 bits per heavy atom. The van der Waals surface area contributed by atoms with Gasteiger partial charge in [-0.05, 0) is 82.1 Å². The Labute approximate surface area is 222 Å². The maximum Gasteiger partial charge on any atom is 0.222 e. The summed E-state index contributed by atoms with van der Waals surface area (Å²) in [4.78, 5) is 16.7. The first-order valence-corrected chi connectivity index (χ1v) is 13.1. The molecule has 3 nitrogen and oxygen atoms in total. The Kier molecular flexibility index (Phi) is 13.0. The monoisotopic (exact) mass is 508 g/mol. The Balaban J connectivity index is 0.000000521. The van der Waals surface area contributed by atoms with E-state index >= 15 is 0 Å². The molecule has 37 heavy (non-hydrogen) atoms. The number of amides is 1. The van der Waals surface area contributed by atoms with Crippen molar-refractivity contribution < 1.29 is 13.6 Å². The summed E-state index contributed by atoms with van der Waals surface area (Å²) < 4.78 is 26.7. The summed E-state index contributed by atoms with van der Waals surface area (Å²) in [7, 11) is 4.00. The zero-order valence-corrected chi connectivity index (χ0v) is 22.8. The zero-order chi connectivity index (χ0) is 27.2. The Hall–Kier alpha value is -3.05. The van der Waals surface area contributed by atoms with Crippen LogP contribution in [0.25, 0.3) is 0 Å². The lowest BCUT2D eigenvalue weighted by atomic mass is 9.87. The second-order valence-corrected chi connectivity index (χ2v) is 9.98. The standard InChI is InChI=1S/C24H30F2N2O.C8H12/c1-27-16-15-22(17-27)28(2)24(29)6-4-3-5-23(18-7-11-20(25)12-8-18)19-9-13-21(26)14-10-19;1-4-5-6-7-8(2)3/h7-14,22-23H,3-6,15-17H2,1-2H3;4-7H,1H2,2-3H3/b;6-5-. The van der Waals surface area contributed by atoms with Crippen molar-refractivity contribution in [2.45, 2.75) is 57.9 Å². The fraction of sp³-hybridized carbons (Fsp3) is 0.406. The molecule has 5 heteroatoms. The molecule has 1 heterocycles. The van der Waals surface area contributed by atoms with E-state index in [-0.39, 0.29) is 23.5 Å². The van der Waals surface area contributed by atoms with Gasteiger partial charge in [0, 0.05) is 32.0 Å². The molecule has 3 rings (SSSR count). The van der Waals surface area contributed by atoms with E-state index in [4.69, 9.17) is 0 Å². The van der Waals surface area contributed by atoms with Crippen molar-refractivity contribution in [3.8, 4) is 0 Å². The first-order valence-electron chi connectivity index (χ1n) is 13.1. The van der Waals surface area contributed by atoms with Crippen molar-refractivity contribution in [2.75, 3.05) is 27.2 Å². The van der Waals surface area contributed by atoms with Crippen molar-refractivity contribution in [3.05, 3.63) is 108 Å². The molecule has 1 aliphatic rings. The van der Waals surface area contributed by atoms with E-state index in [9.17, 15) is 13.6 Å². The molecule has 1 fully saturated rings. The number of unbranched alkanes of at least 4 members (excludes halogenated alkanes) is 1. The molecule has 0 N–H and O–H groups in total. The molecule has 0 radical (unpaired) electrons. The lowest BCUT2D eigenvalue weighted by molar-refractivity contribution is -0.131. The third-order valence-electron chi connectivity index (χ3n) is 6.66. The molecule has 2 aromatic carbocycles. The summed E-state index contributed by atoms with van der Waals surface area (Å²) in [6, 6.07) is 13.3. The van der Waals surface area contributed by atoms with Crippen molar-refractivity contribution in [1.82, 2.24) is 9.80 Å². The van der Waals surface area contributed by atoms with Crippen LogP contribution < -0.4 is 0 Å². The van der Waals surface area contributed by atoms with Crippen LogP contribution >= 0.6 is 0 Å². The molecule has 1 aliphatic heterocycles. The van der Waals surface area contributed by atoms with Gasteiger partial charge in [0.15, 0.2) is 0 Å². The molecule has 0 spiro atoms. The van der Waals surface area contributed by atoms with E-state index < -0.39 is 0 Å². The largest absolute Gasteiger partial charge is 0.341 e. The lowest BCUT2D eigenvalue weighted by Crippen LogP contribution is -2.38. The van der Waals surface area contributed by atoms with Crippen LogP contribution in [0.2, 0.25) is 0 Å². The van der Waals surface area contributed by atoms with Crippen molar-refractivity contribution in [1.29, 1.82) is 0 Å². The number of hydrogen-bond acceptors (Lipinski definition) is 2. The van der Waals surface area contributed by atoms with E-state index in [1.165, 1.54) is 29.8 Å². The number of likely N-dealkylation sites (tertiary alicyclic amines) is 1. The first kappa shape index (κ1) is 30.2. The number of benzene rings is 2. The van der Waals surface area contributed by atoms with Crippen LogP contribution in [-0.4, -0.2) is 48.9 Å². The number of nitrogens with zero attached hydrogens (tertiary/aromatic N) is 2. The Bertz CT molecular complexity index is 978. The lowest BCUT2D eigenvalue weighted by Gasteiger charge is -2.24. The van der Waals surface area contributed by atoms with Crippen LogP contribution in [0.15, 0.2) is 85.0 Å². The van der Waals surface area contributed by atoms with Crippen molar-refractivity contribution in [2.24, 2.45) is 0 Å². The summed E-state index contributed by atoms with van der Waals surface area (Å²) >= 11 is 0. The van der Waals surface area contributed by atoms with Gasteiger partial charge in [-0.25, -0.2) is 8.78 Å². The van der Waals surface area contributed by atoms with Gasteiger partial charge in [0.1, 0.15) is 11.6 Å². The average Bonchev–Trinajstić information content (AvgIpc) is 3.31. The summed E-state index contributed by atoms with van der Waals surface area (Å²) in [5.41, 5.74) is 3.33. The summed E-state index contributed by atoms with van der Waals surface area (Å²) in [6.45, 7) is 9.65. The fourth-order valence-corrected chi connectivity index (χ4v) is 4.48. The third-order valence-corrected chi connectivity index (χ3v) is 6.66. The maximum atomic E-state index is 13.3. The van der Waals surface area contributed by atoms with Crippen LogP contribution in [-0.2, 0) is 4.79 Å². The van der Waals surface area contributed by atoms with Gasteiger partial charge in [-0.3, -0.25) is 4.79 Å². The van der Waals surface area contributed by atoms with Gasteiger partial charge in [0.05, 0.1) is 0 Å². The highest BCUT2D eigenvalue weighted by Crippen LogP contribution is 2.30. The van der Waals surface area contributed by atoms with Crippen molar-refractivity contribution >= 4 is 5.91 Å². The van der Waals surface area contributed by atoms with Crippen LogP contribution in [0.4, 0.5) is 8.78 Å². The quantitative estimate of drug-likeness (QED) is 0.245. The number of halogens is 2. The predicted octanol–water partition coefficient (Wildman–Crippen LogP) is 7.51. The zero-order valence-electron chi connectivity index (χ0n) is 22.8. The molecule has 2 aromatic rings. The van der Waals surface area contributed by atoms with Crippen molar-refractivity contribution in [3.63, 3.8) is 0 Å². The molecular formula is C32H42F2N2O. The average molecular weight is 509 g/mol. The number of carbonyl (C=O) groups excluding carboxylic acids is 1. The van der Waals surface area contributed by atoms with Gasteiger partial charge in [-0.2, -0.15) is 0 Å². The second kappa shape index (κ2) is 15.9. The van der Waals surface area contributed by atoms with E-state index in [0.29, 0.717) is 12.5 Å². The molecule has 1 unspecified atom stereocenters. The molecule has 0 aromatic heterocycles. The van der Waals surface area contributed by atoms with Gasteiger partial charge in [0.2, 0.25) is 5.91 Å². The molecule has 1 atom stereocenters. The Morgan fingerprint density at radius 1 is 1.03 bits per heavy atom. The highest BCUT2D eigenvalue weighted by Gasteiger charge is 2.26. The van der Waals surface area contributed by atoms with E-state index in [1.54, 1.807) is 30.3 Å². The molecule has 1 amide bonds. The highest BCUT2D eigenvalue weighted by molar-refractivity contribution is 5.76. The molecule has 0 aliphatic carbocycles. The highest BCUT2D eigenvalue weighted by atomic mass is 19.1. The number of hydrogen-bond donors (Lipinski definition) is 0. The second-order valence-electron chi connectivity index (χ2n) is 9.98. The van der Waals surface area contributed by atoms with E-state index in [0.717, 1.165) is 49.9 Å². The van der Waals surface area contributed by atoms with Gasteiger partial charge < -0.3 is 9.80 Å². The normalized spacial score (nSPS) is 15.4. The minimum absolute atomic E-state index is 0.0625. The van der Waals surface area contributed by atoms with Gasteiger partial charge in [-0.1, -0.05) is 67.1 Å². The predicted molar refractivity (Wildman–Crippen MR) is 151 cm³/mol. The summed E-state index contributed by atoms with van der Waals surface area (Å²) in [5.74, 6) is -0.270. The molecule has 0 saturated carbocycles. The Morgan fingerprint density at radius 3 is 2.05 bits per heavy atom. The van der Waals surface area contributed by atoms with Crippen LogP contribution in [0.3, 0.4) is 0 Å². The maximum absolute atomic E-state index is 13.3. The SMILES string of the molecule is C=C/C=C\C=C(C)C.CN1CCC(N(C)C(=O)CCCCC(c2ccc(F)cc2)c2ccc(F)cc2)C1. The minimum atomic E-state index is -0.266. The van der Waals surface area contributed by atoms with Gasteiger partial charge in [0.25, 0.3) is 0 Å². The summed E-state index contributed by atoms with van der Waals surface area (Å²) in [5, 5.41) is 0. The summed E-state index contributed by atoms with van der Waals surface area (Å²) in [6.07, 6.45) is 11.8. The number of rotatable bonds is 10. The van der Waals surface area contributed by atoms with E-state index in [1.807, 2.05) is 30.2 Å². The molecule has 200 valence electrons. The topological polar surface area (TPSA) is 23.6 Å².